The molecule has 0 aliphatic carbocycles. The summed E-state index contributed by atoms with van der Waals surface area (Å²) in [7, 11) is 0. The lowest BCUT2D eigenvalue weighted by molar-refractivity contribution is -0.145. The molecule has 35 heavy (non-hydrogen) atoms. The van der Waals surface area contributed by atoms with Crippen LogP contribution in [0.3, 0.4) is 0 Å². The average molecular weight is 510 g/mol. The minimum absolute atomic E-state index is 0.0465. The van der Waals surface area contributed by atoms with Crippen LogP contribution in [-0.4, -0.2) is 40.3 Å². The molecule has 0 spiro atoms. The van der Waals surface area contributed by atoms with E-state index in [0.29, 0.717) is 16.8 Å². The maximum absolute atomic E-state index is 14.2. The van der Waals surface area contributed by atoms with Gasteiger partial charge in [-0.3, -0.25) is 4.79 Å². The molecule has 2 aliphatic rings. The number of halogens is 3. The van der Waals surface area contributed by atoms with E-state index in [9.17, 15) is 22.8 Å². The van der Waals surface area contributed by atoms with Crippen molar-refractivity contribution in [2.75, 3.05) is 0 Å². The second-order valence-electron chi connectivity index (χ2n) is 9.02. The van der Waals surface area contributed by atoms with Crippen molar-refractivity contribution in [1.82, 2.24) is 10.2 Å². The number of aryl methyl sites for hydroxylation is 2. The number of aliphatic imine (C=N–C) groups is 1. The van der Waals surface area contributed by atoms with Gasteiger partial charge < -0.3 is 15.0 Å². The predicted molar refractivity (Wildman–Crippen MR) is 130 cm³/mol. The molecule has 0 saturated heterocycles. The van der Waals surface area contributed by atoms with Gasteiger partial charge in [0.05, 0.1) is 24.1 Å². The summed E-state index contributed by atoms with van der Waals surface area (Å²) >= 11 is 1.00. The van der Waals surface area contributed by atoms with Gasteiger partial charge in [0.25, 0.3) is 0 Å². The second-order valence-corrected chi connectivity index (χ2v) is 9.86. The number of alkyl halides is 3. The van der Waals surface area contributed by atoms with E-state index in [-0.39, 0.29) is 23.5 Å². The van der Waals surface area contributed by atoms with Crippen molar-refractivity contribution < 1.29 is 27.5 Å². The first-order chi connectivity index (χ1) is 16.3. The Hall–Kier alpha value is -2.75. The molecule has 1 amide bonds. The summed E-state index contributed by atoms with van der Waals surface area (Å²) in [5, 5.41) is 4.57. The highest BCUT2D eigenvalue weighted by molar-refractivity contribution is 8.16. The predicted octanol–water partition coefficient (Wildman–Crippen LogP) is 5.68. The highest BCUT2D eigenvalue weighted by Gasteiger charge is 2.49. The van der Waals surface area contributed by atoms with Gasteiger partial charge in [0.2, 0.25) is 5.91 Å². The molecule has 10 heteroatoms. The molecule has 0 aromatic heterocycles. The van der Waals surface area contributed by atoms with E-state index in [4.69, 9.17) is 4.74 Å². The number of thioether (sulfide) groups is 1. The molecule has 190 valence electrons. The second kappa shape index (κ2) is 10.5. The zero-order chi connectivity index (χ0) is 26.1. The van der Waals surface area contributed by atoms with Crippen LogP contribution >= 0.6 is 11.8 Å². The van der Waals surface area contributed by atoms with Gasteiger partial charge in [-0.2, -0.15) is 13.2 Å². The SMILES string of the molecule is CCC(C)NC(=O)CC1=CSC2=NC(C(F)(F)F)=C(C(=O)OC(C)C)C(c3cc(C)ccc3C)N12. The Kier molecular flexibility index (Phi) is 8.03. The van der Waals surface area contributed by atoms with Crippen LogP contribution in [0.25, 0.3) is 0 Å². The Labute approximate surface area is 207 Å². The molecule has 1 aromatic carbocycles. The van der Waals surface area contributed by atoms with Crippen molar-refractivity contribution in [3.63, 3.8) is 0 Å². The van der Waals surface area contributed by atoms with E-state index in [1.165, 1.54) is 0 Å². The molecular formula is C25H30F3N3O3S. The summed E-state index contributed by atoms with van der Waals surface area (Å²) in [5.74, 6) is -1.34. The lowest BCUT2D eigenvalue weighted by Gasteiger charge is -2.38. The number of rotatable bonds is 7. The molecule has 0 radical (unpaired) electrons. The normalized spacial score (nSPS) is 18.8. The highest BCUT2D eigenvalue weighted by Crippen LogP contribution is 2.48. The standard InChI is InChI=1S/C25H30F3N3O3S/c1-7-16(6)29-19(32)11-17-12-35-24-30-22(25(26,27)28)20(23(33)34-13(2)3)21(31(17)24)18-10-14(4)8-9-15(18)5/h8-10,12-13,16,21H,7,11H2,1-6H3,(H,29,32). The van der Waals surface area contributed by atoms with Crippen LogP contribution in [0, 0.1) is 13.8 Å². The van der Waals surface area contributed by atoms with Crippen molar-refractivity contribution >= 4 is 28.8 Å². The van der Waals surface area contributed by atoms with E-state index in [0.717, 1.165) is 23.7 Å². The van der Waals surface area contributed by atoms with E-state index in [2.05, 4.69) is 10.3 Å². The molecule has 6 nitrogen and oxygen atoms in total. The van der Waals surface area contributed by atoms with Crippen molar-refractivity contribution in [3.05, 3.63) is 57.3 Å². The smallest absolute Gasteiger partial charge is 0.434 e. The molecule has 0 saturated carbocycles. The van der Waals surface area contributed by atoms with Gasteiger partial charge in [-0.15, -0.1) is 0 Å². The molecule has 1 aromatic rings. The molecule has 3 rings (SSSR count). The fraction of sp³-hybridized carbons (Fsp3) is 0.480. The van der Waals surface area contributed by atoms with Gasteiger partial charge in [-0.1, -0.05) is 42.4 Å². The van der Waals surface area contributed by atoms with Crippen molar-refractivity contribution in [3.8, 4) is 0 Å². The van der Waals surface area contributed by atoms with Crippen LogP contribution in [0.15, 0.2) is 45.6 Å². The number of carbonyl (C=O) groups excluding carboxylic acids is 2. The lowest BCUT2D eigenvalue weighted by atomic mass is 9.89. The summed E-state index contributed by atoms with van der Waals surface area (Å²) in [6, 6.07) is 4.22. The number of esters is 1. The zero-order valence-corrected chi connectivity index (χ0v) is 21.4. The molecule has 0 fully saturated rings. The maximum atomic E-state index is 14.2. The Bertz CT molecular complexity index is 1110. The number of hydrogen-bond acceptors (Lipinski definition) is 6. The number of amidine groups is 1. The molecule has 2 unspecified atom stereocenters. The summed E-state index contributed by atoms with van der Waals surface area (Å²) in [6.45, 7) is 10.6. The largest absolute Gasteiger partial charge is 0.459 e. The summed E-state index contributed by atoms with van der Waals surface area (Å²) in [6.07, 6.45) is -4.83. The molecule has 1 N–H and O–H groups in total. The topological polar surface area (TPSA) is 71.0 Å². The minimum Gasteiger partial charge on any atom is -0.459 e. The quantitative estimate of drug-likeness (QED) is 0.479. The van der Waals surface area contributed by atoms with Crippen LogP contribution in [0.1, 0.15) is 63.3 Å². The maximum Gasteiger partial charge on any atom is 0.434 e. The Morgan fingerprint density at radius 1 is 1.23 bits per heavy atom. The van der Waals surface area contributed by atoms with Crippen LogP contribution in [-0.2, 0) is 14.3 Å². The molecule has 2 atom stereocenters. The Morgan fingerprint density at radius 3 is 2.51 bits per heavy atom. The summed E-state index contributed by atoms with van der Waals surface area (Å²) in [4.78, 5) is 31.3. The van der Waals surface area contributed by atoms with Crippen molar-refractivity contribution in [1.29, 1.82) is 0 Å². The van der Waals surface area contributed by atoms with Crippen LogP contribution < -0.4 is 5.32 Å². The van der Waals surface area contributed by atoms with Crippen molar-refractivity contribution in [2.45, 2.75) is 78.7 Å². The third-order valence-electron chi connectivity index (χ3n) is 5.73. The average Bonchev–Trinajstić information content (AvgIpc) is 3.15. The lowest BCUT2D eigenvalue weighted by Crippen LogP contribution is -2.41. The van der Waals surface area contributed by atoms with Crippen molar-refractivity contribution in [2.24, 2.45) is 4.99 Å². The third-order valence-corrected chi connectivity index (χ3v) is 6.62. The Balaban J connectivity index is 2.19. The number of carbonyl (C=O) groups is 2. The third kappa shape index (κ3) is 5.91. The fourth-order valence-corrected chi connectivity index (χ4v) is 4.82. The van der Waals surface area contributed by atoms with Gasteiger partial charge in [-0.05, 0) is 57.6 Å². The highest BCUT2D eigenvalue weighted by atomic mass is 32.2. The summed E-state index contributed by atoms with van der Waals surface area (Å²) < 4.78 is 47.9. The van der Waals surface area contributed by atoms with E-state index >= 15 is 0 Å². The summed E-state index contributed by atoms with van der Waals surface area (Å²) in [5.41, 5.74) is 0.665. The minimum atomic E-state index is -4.88. The van der Waals surface area contributed by atoms with Crippen LogP contribution in [0.2, 0.25) is 0 Å². The first-order valence-electron chi connectivity index (χ1n) is 11.5. The first kappa shape index (κ1) is 26.8. The molecular weight excluding hydrogens is 479 g/mol. The number of benzene rings is 1. The van der Waals surface area contributed by atoms with E-state index in [1.807, 2.05) is 26.8 Å². The van der Waals surface area contributed by atoms with E-state index < -0.39 is 35.6 Å². The van der Waals surface area contributed by atoms with Gasteiger partial charge in [0, 0.05) is 11.7 Å². The monoisotopic (exact) mass is 509 g/mol. The fourth-order valence-electron chi connectivity index (χ4n) is 3.90. The molecule has 0 bridgehead atoms. The number of amides is 1. The first-order valence-corrected chi connectivity index (χ1v) is 12.3. The van der Waals surface area contributed by atoms with Gasteiger partial charge in [0.1, 0.15) is 0 Å². The van der Waals surface area contributed by atoms with Gasteiger partial charge >= 0.3 is 12.1 Å². The number of hydrogen-bond donors (Lipinski definition) is 1. The van der Waals surface area contributed by atoms with Gasteiger partial charge in [-0.25, -0.2) is 9.79 Å². The number of fused-ring (bicyclic) bond motifs is 1. The number of ether oxygens (including phenoxy) is 1. The zero-order valence-electron chi connectivity index (χ0n) is 20.6. The van der Waals surface area contributed by atoms with Gasteiger partial charge in [0.15, 0.2) is 10.9 Å². The number of allylic oxidation sites excluding steroid dienone is 1. The van der Waals surface area contributed by atoms with Crippen LogP contribution in [0.5, 0.6) is 0 Å². The molecule has 2 heterocycles. The Morgan fingerprint density at radius 2 is 1.91 bits per heavy atom. The number of nitrogens with one attached hydrogen (secondary N) is 1. The van der Waals surface area contributed by atoms with Crippen LogP contribution in [0.4, 0.5) is 13.2 Å². The number of nitrogens with zero attached hydrogens (tertiary/aromatic N) is 2. The van der Waals surface area contributed by atoms with E-state index in [1.54, 1.807) is 43.2 Å². The molecule has 2 aliphatic heterocycles.